The first-order valence-electron chi connectivity index (χ1n) is 4.87. The molecule has 0 aliphatic carbocycles. The van der Waals surface area contributed by atoms with Crippen LogP contribution >= 0.6 is 0 Å². The van der Waals surface area contributed by atoms with Crippen LogP contribution in [0.5, 0.6) is 0 Å². The maximum Gasteiger partial charge on any atom is 0.246 e. The standard InChI is InChI=1S/C10H17NO3/c1-8(2)10(12)11-5-4-9-13-6-3-7-14-9/h9H,1,3-7H2,2H3,(H,11,12). The van der Waals surface area contributed by atoms with Crippen LogP contribution in [0.2, 0.25) is 0 Å². The Morgan fingerprint density at radius 3 is 2.71 bits per heavy atom. The summed E-state index contributed by atoms with van der Waals surface area (Å²) in [4.78, 5) is 11.1. The number of hydrogen-bond donors (Lipinski definition) is 1. The van der Waals surface area contributed by atoms with E-state index in [0.717, 1.165) is 19.6 Å². The van der Waals surface area contributed by atoms with Gasteiger partial charge in [0.15, 0.2) is 6.29 Å². The summed E-state index contributed by atoms with van der Waals surface area (Å²) in [6.07, 6.45) is 1.49. The zero-order valence-electron chi connectivity index (χ0n) is 8.54. The highest BCUT2D eigenvalue weighted by Gasteiger charge is 2.13. The van der Waals surface area contributed by atoms with Gasteiger partial charge >= 0.3 is 0 Å². The van der Waals surface area contributed by atoms with Crippen molar-refractivity contribution in [2.75, 3.05) is 19.8 Å². The summed E-state index contributed by atoms with van der Waals surface area (Å²) >= 11 is 0. The third-order valence-electron chi connectivity index (χ3n) is 1.95. The number of amides is 1. The van der Waals surface area contributed by atoms with Crippen molar-refractivity contribution in [1.29, 1.82) is 0 Å². The Bertz CT molecular complexity index is 209. The van der Waals surface area contributed by atoms with Crippen molar-refractivity contribution in [2.24, 2.45) is 0 Å². The smallest absolute Gasteiger partial charge is 0.246 e. The Kier molecular flexibility index (Phi) is 4.62. The Labute approximate surface area is 84.3 Å². The predicted octanol–water partition coefficient (Wildman–Crippen LogP) is 0.832. The van der Waals surface area contributed by atoms with Crippen molar-refractivity contribution in [3.63, 3.8) is 0 Å². The van der Waals surface area contributed by atoms with Crippen molar-refractivity contribution >= 4 is 5.91 Å². The van der Waals surface area contributed by atoms with Gasteiger partial charge in [-0.05, 0) is 13.3 Å². The molecule has 80 valence electrons. The molecule has 0 aromatic carbocycles. The third kappa shape index (κ3) is 3.89. The first kappa shape index (κ1) is 11.2. The lowest BCUT2D eigenvalue weighted by Crippen LogP contribution is -2.31. The van der Waals surface area contributed by atoms with E-state index < -0.39 is 0 Å². The molecule has 1 amide bonds. The quantitative estimate of drug-likeness (QED) is 0.682. The van der Waals surface area contributed by atoms with Gasteiger partial charge in [-0.15, -0.1) is 0 Å². The number of nitrogens with one attached hydrogen (secondary N) is 1. The van der Waals surface area contributed by atoms with E-state index in [1.165, 1.54) is 0 Å². The van der Waals surface area contributed by atoms with Crippen LogP contribution in [0.4, 0.5) is 0 Å². The Morgan fingerprint density at radius 1 is 1.50 bits per heavy atom. The molecule has 0 aromatic rings. The van der Waals surface area contributed by atoms with Gasteiger partial charge in [-0.2, -0.15) is 0 Å². The summed E-state index contributed by atoms with van der Waals surface area (Å²) in [6.45, 7) is 7.29. The van der Waals surface area contributed by atoms with Crippen LogP contribution in [0, 0.1) is 0 Å². The van der Waals surface area contributed by atoms with Gasteiger partial charge in [0.25, 0.3) is 0 Å². The first-order valence-corrected chi connectivity index (χ1v) is 4.87. The summed E-state index contributed by atoms with van der Waals surface area (Å²) in [5, 5.41) is 2.73. The minimum atomic E-state index is -0.158. The number of carbonyl (C=O) groups excluding carboxylic acids is 1. The molecule has 1 heterocycles. The molecule has 1 rings (SSSR count). The van der Waals surface area contributed by atoms with Gasteiger partial charge < -0.3 is 14.8 Å². The maximum atomic E-state index is 11.1. The van der Waals surface area contributed by atoms with E-state index in [-0.39, 0.29) is 12.2 Å². The van der Waals surface area contributed by atoms with Gasteiger partial charge in [0.2, 0.25) is 5.91 Å². The van der Waals surface area contributed by atoms with Crippen LogP contribution in [0.15, 0.2) is 12.2 Å². The van der Waals surface area contributed by atoms with Crippen molar-refractivity contribution in [3.8, 4) is 0 Å². The Balaban J connectivity index is 2.08. The minimum absolute atomic E-state index is 0.110. The summed E-state index contributed by atoms with van der Waals surface area (Å²) in [5.74, 6) is -0.110. The molecule has 0 aromatic heterocycles. The van der Waals surface area contributed by atoms with Crippen LogP contribution in [-0.4, -0.2) is 32.0 Å². The fraction of sp³-hybridized carbons (Fsp3) is 0.700. The summed E-state index contributed by atoms with van der Waals surface area (Å²) in [7, 11) is 0. The van der Waals surface area contributed by atoms with Crippen LogP contribution in [0.25, 0.3) is 0 Å². The zero-order chi connectivity index (χ0) is 10.4. The van der Waals surface area contributed by atoms with Crippen molar-refractivity contribution in [2.45, 2.75) is 26.1 Å². The van der Waals surface area contributed by atoms with Crippen molar-refractivity contribution in [3.05, 3.63) is 12.2 Å². The third-order valence-corrected chi connectivity index (χ3v) is 1.95. The molecule has 0 saturated carbocycles. The molecular weight excluding hydrogens is 182 g/mol. The van der Waals surface area contributed by atoms with Gasteiger partial charge in [-0.1, -0.05) is 6.58 Å². The largest absolute Gasteiger partial charge is 0.353 e. The van der Waals surface area contributed by atoms with Crippen LogP contribution in [0.1, 0.15) is 19.8 Å². The molecule has 1 saturated heterocycles. The molecule has 4 nitrogen and oxygen atoms in total. The second-order valence-electron chi connectivity index (χ2n) is 3.35. The monoisotopic (exact) mass is 199 g/mol. The van der Waals surface area contributed by atoms with E-state index in [1.54, 1.807) is 6.92 Å². The Morgan fingerprint density at radius 2 is 2.14 bits per heavy atom. The average Bonchev–Trinajstić information content (AvgIpc) is 2.19. The summed E-state index contributed by atoms with van der Waals surface area (Å²) < 4.78 is 10.6. The van der Waals surface area contributed by atoms with Gasteiger partial charge in [-0.3, -0.25) is 4.79 Å². The Hall–Kier alpha value is -0.870. The SMILES string of the molecule is C=C(C)C(=O)NCCC1OCCCO1. The maximum absolute atomic E-state index is 11.1. The van der Waals surface area contributed by atoms with E-state index in [4.69, 9.17) is 9.47 Å². The topological polar surface area (TPSA) is 47.6 Å². The normalized spacial score (nSPS) is 17.8. The molecule has 1 aliphatic heterocycles. The molecule has 1 fully saturated rings. The van der Waals surface area contributed by atoms with E-state index >= 15 is 0 Å². The molecule has 0 atom stereocenters. The summed E-state index contributed by atoms with van der Waals surface area (Å²) in [6, 6.07) is 0. The number of hydrogen-bond acceptors (Lipinski definition) is 3. The van der Waals surface area contributed by atoms with E-state index in [1.807, 2.05) is 0 Å². The highest BCUT2D eigenvalue weighted by atomic mass is 16.7. The van der Waals surface area contributed by atoms with Crippen molar-refractivity contribution < 1.29 is 14.3 Å². The van der Waals surface area contributed by atoms with Crippen LogP contribution < -0.4 is 5.32 Å². The fourth-order valence-electron chi connectivity index (χ4n) is 1.16. The van der Waals surface area contributed by atoms with E-state index in [0.29, 0.717) is 18.5 Å². The van der Waals surface area contributed by atoms with E-state index in [2.05, 4.69) is 11.9 Å². The van der Waals surface area contributed by atoms with Gasteiger partial charge in [0.1, 0.15) is 0 Å². The zero-order valence-corrected chi connectivity index (χ0v) is 8.54. The van der Waals surface area contributed by atoms with Crippen molar-refractivity contribution in [1.82, 2.24) is 5.32 Å². The van der Waals surface area contributed by atoms with Crippen LogP contribution in [0.3, 0.4) is 0 Å². The lowest BCUT2D eigenvalue weighted by molar-refractivity contribution is -0.180. The fourth-order valence-corrected chi connectivity index (χ4v) is 1.16. The lowest BCUT2D eigenvalue weighted by atomic mass is 10.3. The molecule has 14 heavy (non-hydrogen) atoms. The second-order valence-corrected chi connectivity index (χ2v) is 3.35. The molecule has 1 N–H and O–H groups in total. The molecule has 0 unspecified atom stereocenters. The van der Waals surface area contributed by atoms with Gasteiger partial charge in [0.05, 0.1) is 13.2 Å². The first-order chi connectivity index (χ1) is 6.70. The van der Waals surface area contributed by atoms with Crippen LogP contribution in [-0.2, 0) is 14.3 Å². The molecule has 4 heteroatoms. The highest BCUT2D eigenvalue weighted by Crippen LogP contribution is 2.07. The predicted molar refractivity (Wildman–Crippen MR) is 52.7 cm³/mol. The minimum Gasteiger partial charge on any atom is -0.353 e. The van der Waals surface area contributed by atoms with E-state index in [9.17, 15) is 4.79 Å². The lowest BCUT2D eigenvalue weighted by Gasteiger charge is -2.23. The molecule has 1 aliphatic rings. The molecule has 0 spiro atoms. The number of ether oxygens (including phenoxy) is 2. The number of carbonyl (C=O) groups is 1. The van der Waals surface area contributed by atoms with Gasteiger partial charge in [0, 0.05) is 18.5 Å². The summed E-state index contributed by atoms with van der Waals surface area (Å²) in [5.41, 5.74) is 0.524. The average molecular weight is 199 g/mol. The second kappa shape index (κ2) is 5.78. The molecule has 0 radical (unpaired) electrons. The number of rotatable bonds is 4. The molecular formula is C10H17NO3. The molecule has 0 bridgehead atoms. The van der Waals surface area contributed by atoms with Gasteiger partial charge in [-0.25, -0.2) is 0 Å². The highest BCUT2D eigenvalue weighted by molar-refractivity contribution is 5.91.